The topological polar surface area (TPSA) is 59.7 Å². The van der Waals surface area contributed by atoms with Crippen LogP contribution in [0.2, 0.25) is 0 Å². The molecule has 1 aromatic carbocycles. The van der Waals surface area contributed by atoms with E-state index in [2.05, 4.69) is 15.9 Å². The fraction of sp³-hybridized carbons (Fsp3) is 0.154. The van der Waals surface area contributed by atoms with E-state index in [1.165, 1.54) is 0 Å². The molecule has 2 aromatic rings. The Balaban J connectivity index is 1.97. The van der Waals surface area contributed by atoms with Gasteiger partial charge >= 0.3 is 5.97 Å². The van der Waals surface area contributed by atoms with E-state index in [1.54, 1.807) is 12.1 Å². The Labute approximate surface area is 112 Å². The van der Waals surface area contributed by atoms with Crippen molar-refractivity contribution < 1.29 is 19.1 Å². The number of rotatable bonds is 5. The van der Waals surface area contributed by atoms with E-state index >= 15 is 0 Å². The van der Waals surface area contributed by atoms with E-state index < -0.39 is 5.97 Å². The highest BCUT2D eigenvalue weighted by molar-refractivity contribution is 9.10. The summed E-state index contributed by atoms with van der Waals surface area (Å²) in [6, 6.07) is 10.7. The second-order valence-corrected chi connectivity index (χ2v) is 4.59. The second-order valence-electron chi connectivity index (χ2n) is 3.67. The summed E-state index contributed by atoms with van der Waals surface area (Å²) in [5.41, 5.74) is 0. The minimum atomic E-state index is -0.846. The van der Waals surface area contributed by atoms with Gasteiger partial charge in [0.1, 0.15) is 11.5 Å². The summed E-state index contributed by atoms with van der Waals surface area (Å²) in [5.74, 6) is 0.779. The van der Waals surface area contributed by atoms with Crippen molar-refractivity contribution in [1.29, 1.82) is 0 Å². The predicted octanol–water partition coefficient (Wildman–Crippen LogP) is 3.85. The van der Waals surface area contributed by atoms with Crippen LogP contribution in [0.5, 0.6) is 11.7 Å². The molecule has 18 heavy (non-hydrogen) atoms. The molecule has 0 aliphatic heterocycles. The fourth-order valence-corrected chi connectivity index (χ4v) is 1.66. The lowest BCUT2D eigenvalue weighted by Crippen LogP contribution is -1.96. The maximum absolute atomic E-state index is 10.4. The number of ether oxygens (including phenoxy) is 1. The molecular formula is C13H11BrO4. The average molecular weight is 311 g/mol. The first-order valence-electron chi connectivity index (χ1n) is 5.37. The van der Waals surface area contributed by atoms with E-state index in [4.69, 9.17) is 14.3 Å². The van der Waals surface area contributed by atoms with E-state index in [0.717, 1.165) is 4.47 Å². The second kappa shape index (κ2) is 5.73. The van der Waals surface area contributed by atoms with Crippen molar-refractivity contribution in [2.24, 2.45) is 0 Å². The number of aliphatic carboxylic acids is 1. The molecule has 0 spiro atoms. The standard InChI is InChI=1S/C13H11BrO4/c14-9-1-3-10(4-2-9)17-13-8-6-11(18-13)5-7-12(15)16/h1-4,6,8H,5,7H2,(H,15,16). The van der Waals surface area contributed by atoms with Crippen molar-refractivity contribution in [2.45, 2.75) is 12.8 Å². The normalized spacial score (nSPS) is 10.3. The van der Waals surface area contributed by atoms with Crippen LogP contribution in [0.4, 0.5) is 0 Å². The maximum Gasteiger partial charge on any atom is 0.303 e. The SMILES string of the molecule is O=C(O)CCc1ccc(Oc2ccc(Br)cc2)o1. The van der Waals surface area contributed by atoms with E-state index in [0.29, 0.717) is 23.9 Å². The Hall–Kier alpha value is -1.75. The van der Waals surface area contributed by atoms with Gasteiger partial charge in [0.05, 0.1) is 6.42 Å². The summed E-state index contributed by atoms with van der Waals surface area (Å²) in [5, 5.41) is 8.57. The molecule has 0 saturated heterocycles. The van der Waals surface area contributed by atoms with Crippen LogP contribution >= 0.6 is 15.9 Å². The minimum absolute atomic E-state index is 0.0469. The van der Waals surface area contributed by atoms with Crippen LogP contribution in [0.3, 0.4) is 0 Å². The van der Waals surface area contributed by atoms with Gasteiger partial charge < -0.3 is 14.3 Å². The molecule has 1 N–H and O–H groups in total. The van der Waals surface area contributed by atoms with Crippen LogP contribution in [0.1, 0.15) is 12.2 Å². The predicted molar refractivity (Wildman–Crippen MR) is 68.9 cm³/mol. The molecule has 2 rings (SSSR count). The Kier molecular flexibility index (Phi) is 4.04. The molecule has 0 saturated carbocycles. The summed E-state index contributed by atoms with van der Waals surface area (Å²) < 4.78 is 11.8. The van der Waals surface area contributed by atoms with Gasteiger partial charge in [-0.15, -0.1) is 0 Å². The number of carboxylic acids is 1. The Morgan fingerprint density at radius 2 is 1.94 bits per heavy atom. The smallest absolute Gasteiger partial charge is 0.303 e. The number of hydrogen-bond donors (Lipinski definition) is 1. The third-order valence-corrected chi connectivity index (χ3v) is 2.78. The lowest BCUT2D eigenvalue weighted by atomic mass is 10.2. The summed E-state index contributed by atoms with van der Waals surface area (Å²) in [6.45, 7) is 0. The monoisotopic (exact) mass is 310 g/mol. The van der Waals surface area contributed by atoms with Gasteiger partial charge in [0.15, 0.2) is 0 Å². The minimum Gasteiger partial charge on any atom is -0.481 e. The zero-order valence-electron chi connectivity index (χ0n) is 9.43. The van der Waals surface area contributed by atoms with Crippen molar-refractivity contribution in [3.63, 3.8) is 0 Å². The first-order chi connectivity index (χ1) is 8.63. The summed E-state index contributed by atoms with van der Waals surface area (Å²) >= 11 is 3.33. The summed E-state index contributed by atoms with van der Waals surface area (Å²) in [6.07, 6.45) is 0.407. The largest absolute Gasteiger partial charge is 0.481 e. The zero-order valence-corrected chi connectivity index (χ0v) is 11.0. The van der Waals surface area contributed by atoms with Gasteiger partial charge in [-0.05, 0) is 30.3 Å². The number of halogens is 1. The van der Waals surface area contributed by atoms with E-state index in [-0.39, 0.29) is 6.42 Å². The van der Waals surface area contributed by atoms with Crippen LogP contribution in [0.15, 0.2) is 45.3 Å². The average Bonchev–Trinajstić information content (AvgIpc) is 2.77. The molecule has 0 atom stereocenters. The van der Waals surface area contributed by atoms with Gasteiger partial charge in [-0.2, -0.15) is 0 Å². The van der Waals surface area contributed by atoms with E-state index in [1.807, 2.05) is 24.3 Å². The highest BCUT2D eigenvalue weighted by Crippen LogP contribution is 2.25. The third kappa shape index (κ3) is 3.63. The third-order valence-electron chi connectivity index (χ3n) is 2.25. The molecule has 0 fully saturated rings. The molecule has 94 valence electrons. The molecule has 0 bridgehead atoms. The molecule has 0 amide bonds. The van der Waals surface area contributed by atoms with Crippen molar-refractivity contribution in [3.05, 3.63) is 46.6 Å². The van der Waals surface area contributed by atoms with Gasteiger partial charge in [-0.25, -0.2) is 0 Å². The van der Waals surface area contributed by atoms with Crippen molar-refractivity contribution in [2.75, 3.05) is 0 Å². The van der Waals surface area contributed by atoms with Crippen LogP contribution in [-0.4, -0.2) is 11.1 Å². The number of carboxylic acid groups (broad SMARTS) is 1. The highest BCUT2D eigenvalue weighted by atomic mass is 79.9. The highest BCUT2D eigenvalue weighted by Gasteiger charge is 2.06. The van der Waals surface area contributed by atoms with E-state index in [9.17, 15) is 4.79 Å². The van der Waals surface area contributed by atoms with Gasteiger partial charge in [-0.1, -0.05) is 15.9 Å². The number of furan rings is 1. The molecule has 1 heterocycles. The lowest BCUT2D eigenvalue weighted by molar-refractivity contribution is -0.137. The van der Waals surface area contributed by atoms with Crippen LogP contribution in [0.25, 0.3) is 0 Å². The number of carbonyl (C=O) groups is 1. The zero-order chi connectivity index (χ0) is 13.0. The Morgan fingerprint density at radius 1 is 1.22 bits per heavy atom. The molecule has 0 aliphatic carbocycles. The molecule has 0 radical (unpaired) electrons. The fourth-order valence-electron chi connectivity index (χ4n) is 1.40. The Bertz CT molecular complexity index is 530. The first-order valence-corrected chi connectivity index (χ1v) is 6.17. The number of hydrogen-bond acceptors (Lipinski definition) is 3. The number of benzene rings is 1. The van der Waals surface area contributed by atoms with Gasteiger partial charge in [-0.3, -0.25) is 4.79 Å². The number of aryl methyl sites for hydroxylation is 1. The Morgan fingerprint density at radius 3 is 2.61 bits per heavy atom. The molecule has 1 aromatic heterocycles. The van der Waals surface area contributed by atoms with Crippen molar-refractivity contribution in [3.8, 4) is 11.7 Å². The molecular weight excluding hydrogens is 300 g/mol. The molecule has 0 aliphatic rings. The summed E-state index contributed by atoms with van der Waals surface area (Å²) in [7, 11) is 0. The molecule has 0 unspecified atom stereocenters. The van der Waals surface area contributed by atoms with Gasteiger partial charge in [0, 0.05) is 17.0 Å². The van der Waals surface area contributed by atoms with Crippen LogP contribution in [0, 0.1) is 0 Å². The molecule has 4 nitrogen and oxygen atoms in total. The quantitative estimate of drug-likeness (QED) is 0.911. The maximum atomic E-state index is 10.4. The van der Waals surface area contributed by atoms with Crippen LogP contribution < -0.4 is 4.74 Å². The van der Waals surface area contributed by atoms with Gasteiger partial charge in [0.2, 0.25) is 0 Å². The lowest BCUT2D eigenvalue weighted by Gasteiger charge is -2.01. The summed E-state index contributed by atoms with van der Waals surface area (Å²) in [4.78, 5) is 10.4. The van der Waals surface area contributed by atoms with Crippen molar-refractivity contribution in [1.82, 2.24) is 0 Å². The van der Waals surface area contributed by atoms with Crippen LogP contribution in [-0.2, 0) is 11.2 Å². The van der Waals surface area contributed by atoms with Gasteiger partial charge in [0.25, 0.3) is 5.95 Å². The van der Waals surface area contributed by atoms with Crippen molar-refractivity contribution >= 4 is 21.9 Å². The molecule has 5 heteroatoms. The first kappa shape index (κ1) is 12.7.